The maximum absolute atomic E-state index is 11.4. The number of hydrogen-bond donors (Lipinski definition) is 2. The molecule has 3 N–H and O–H groups in total. The molecule has 0 radical (unpaired) electrons. The highest BCUT2D eigenvalue weighted by molar-refractivity contribution is 6.34. The van der Waals surface area contributed by atoms with Gasteiger partial charge in [-0.2, -0.15) is 0 Å². The second-order valence-corrected chi connectivity index (χ2v) is 11.2. The predicted molar refractivity (Wildman–Crippen MR) is 198 cm³/mol. The number of anilines is 3. The van der Waals surface area contributed by atoms with Gasteiger partial charge in [-0.3, -0.25) is 20.2 Å². The lowest BCUT2D eigenvalue weighted by Gasteiger charge is -2.12. The summed E-state index contributed by atoms with van der Waals surface area (Å²) in [4.78, 5) is 29.7. The van der Waals surface area contributed by atoms with Gasteiger partial charge in [0.2, 0.25) is 0 Å². The third-order valence-corrected chi connectivity index (χ3v) is 7.84. The molecular formula is C36H35ClN6O8. The van der Waals surface area contributed by atoms with Crippen molar-refractivity contribution in [3.63, 3.8) is 0 Å². The molecule has 15 heteroatoms. The number of aromatic nitrogens is 2. The van der Waals surface area contributed by atoms with Crippen LogP contribution in [-0.2, 0) is 0 Å². The fourth-order valence-corrected chi connectivity index (χ4v) is 5.31. The van der Waals surface area contributed by atoms with Crippen molar-refractivity contribution < 1.29 is 28.8 Å². The summed E-state index contributed by atoms with van der Waals surface area (Å²) in [6, 6.07) is 20.8. The second kappa shape index (κ2) is 16.8. The Balaban J connectivity index is 0.000000190. The molecule has 0 aliphatic carbocycles. The number of nitrogens with zero attached hydrogens (tertiary/aromatic N) is 4. The first-order valence-electron chi connectivity index (χ1n) is 15.1. The molecule has 14 nitrogen and oxygen atoms in total. The number of methoxy groups -OCH3 is 4. The number of benzene rings is 4. The molecule has 4 aromatic carbocycles. The fraction of sp³-hybridized carbons (Fsp3) is 0.167. The van der Waals surface area contributed by atoms with E-state index in [1.165, 1.54) is 6.20 Å². The van der Waals surface area contributed by atoms with Gasteiger partial charge in [0.15, 0.2) is 0 Å². The van der Waals surface area contributed by atoms with Crippen molar-refractivity contribution in [2.45, 2.75) is 13.8 Å². The third-order valence-electron chi connectivity index (χ3n) is 7.54. The highest BCUT2D eigenvalue weighted by Gasteiger charge is 2.18. The molecule has 0 spiro atoms. The lowest BCUT2D eigenvalue weighted by molar-refractivity contribution is -0.383. The van der Waals surface area contributed by atoms with Crippen LogP contribution in [0.4, 0.5) is 28.6 Å². The molecule has 2 heterocycles. The zero-order chi connectivity index (χ0) is 37.2. The summed E-state index contributed by atoms with van der Waals surface area (Å²) in [6.45, 7) is 3.42. The van der Waals surface area contributed by atoms with Gasteiger partial charge >= 0.3 is 0 Å². The Labute approximate surface area is 298 Å². The Morgan fingerprint density at radius 2 is 1.06 bits per heavy atom. The van der Waals surface area contributed by atoms with Crippen LogP contribution in [0.3, 0.4) is 0 Å². The predicted octanol–water partition coefficient (Wildman–Crippen LogP) is 8.60. The topological polar surface area (TPSA) is 187 Å². The summed E-state index contributed by atoms with van der Waals surface area (Å²) in [5, 5.41) is 28.1. The van der Waals surface area contributed by atoms with Gasteiger partial charge in [-0.25, -0.2) is 9.97 Å². The maximum Gasteiger partial charge on any atom is 0.280 e. The smallest absolute Gasteiger partial charge is 0.280 e. The Bertz CT molecular complexity index is 2170. The average Bonchev–Trinajstić information content (AvgIpc) is 3.11. The number of nitro groups is 2. The van der Waals surface area contributed by atoms with Gasteiger partial charge < -0.3 is 30.0 Å². The monoisotopic (exact) mass is 714 g/mol. The van der Waals surface area contributed by atoms with Crippen LogP contribution in [0, 0.1) is 34.1 Å². The molecule has 6 aromatic rings. The van der Waals surface area contributed by atoms with Gasteiger partial charge in [-0.15, -0.1) is 0 Å². The number of pyridine rings is 2. The van der Waals surface area contributed by atoms with Crippen LogP contribution >= 0.6 is 11.6 Å². The number of halogens is 1. The highest BCUT2D eigenvalue weighted by atomic mass is 35.5. The van der Waals surface area contributed by atoms with Crippen LogP contribution in [-0.4, -0.2) is 48.3 Å². The van der Waals surface area contributed by atoms with Crippen LogP contribution < -0.4 is 30.0 Å². The first kappa shape index (κ1) is 37.4. The minimum atomic E-state index is -0.395. The van der Waals surface area contributed by atoms with E-state index in [0.717, 1.165) is 0 Å². The van der Waals surface area contributed by atoms with Gasteiger partial charge in [-0.1, -0.05) is 29.8 Å². The van der Waals surface area contributed by atoms with E-state index in [1.54, 1.807) is 115 Å². The van der Waals surface area contributed by atoms with Crippen molar-refractivity contribution in [2.24, 2.45) is 0 Å². The minimum Gasteiger partial charge on any atom is -0.497 e. The van der Waals surface area contributed by atoms with E-state index in [-0.39, 0.29) is 21.5 Å². The molecule has 2 aromatic heterocycles. The number of aryl methyl sites for hydroxylation is 2. The van der Waals surface area contributed by atoms with Crippen LogP contribution in [0.5, 0.6) is 23.0 Å². The number of ether oxygens (including phenoxy) is 4. The van der Waals surface area contributed by atoms with E-state index in [1.807, 2.05) is 6.07 Å². The van der Waals surface area contributed by atoms with E-state index in [4.69, 9.17) is 36.3 Å². The number of nitrogen functional groups attached to an aromatic ring is 1. The Morgan fingerprint density at radius 1 is 0.627 bits per heavy atom. The summed E-state index contributed by atoms with van der Waals surface area (Å²) in [7, 11) is 6.32. The average molecular weight is 715 g/mol. The van der Waals surface area contributed by atoms with Gasteiger partial charge in [0, 0.05) is 82.1 Å². The molecule has 0 unspecified atom stereocenters. The molecule has 6 rings (SSSR count). The van der Waals surface area contributed by atoms with Crippen LogP contribution in [0.15, 0.2) is 85.2 Å². The van der Waals surface area contributed by atoms with Crippen molar-refractivity contribution in [3.8, 4) is 23.0 Å². The number of nitrogens with two attached hydrogens (primary N) is 1. The molecular weight excluding hydrogens is 680 g/mol. The Hall–Kier alpha value is -6.41. The standard InChI is InChI=1S/C18H17N3O4.C10H7ClN2O2.C8H11NO2/c1-11-4-5-16-15(17(11)21(22)23)6-7-19-18(16)20-12-8-13(24-2)10-14(9-12)25-3;1-6-2-3-8-7(9(6)13(14)15)4-5-12-10(8)11;1-10-7-3-6(9)4-8(5-7)11-2/h4-10H,1-3H3,(H,19,20);2-5H,1H3;3-5H,9H2,1-2H3. The number of nitro benzene ring substituents is 2. The van der Waals surface area contributed by atoms with Gasteiger partial charge in [0.1, 0.15) is 34.0 Å². The molecule has 0 saturated carbocycles. The molecule has 0 aliphatic heterocycles. The molecule has 0 saturated heterocycles. The molecule has 51 heavy (non-hydrogen) atoms. The molecule has 0 atom stereocenters. The molecule has 0 fully saturated rings. The normalized spacial score (nSPS) is 10.3. The zero-order valence-corrected chi connectivity index (χ0v) is 29.3. The van der Waals surface area contributed by atoms with Gasteiger partial charge in [0.25, 0.3) is 11.4 Å². The van der Waals surface area contributed by atoms with Crippen molar-refractivity contribution in [1.29, 1.82) is 0 Å². The van der Waals surface area contributed by atoms with Crippen LogP contribution in [0.25, 0.3) is 21.5 Å². The Kier molecular flexibility index (Phi) is 12.3. The van der Waals surface area contributed by atoms with E-state index >= 15 is 0 Å². The molecule has 264 valence electrons. The Morgan fingerprint density at radius 3 is 1.53 bits per heavy atom. The van der Waals surface area contributed by atoms with Crippen molar-refractivity contribution in [3.05, 3.63) is 122 Å². The summed E-state index contributed by atoms with van der Waals surface area (Å²) < 4.78 is 20.5. The first-order valence-corrected chi connectivity index (χ1v) is 15.5. The zero-order valence-electron chi connectivity index (χ0n) is 28.6. The number of hydrogen-bond acceptors (Lipinski definition) is 12. The van der Waals surface area contributed by atoms with E-state index < -0.39 is 4.92 Å². The van der Waals surface area contributed by atoms with Crippen molar-refractivity contribution in [2.75, 3.05) is 39.5 Å². The third kappa shape index (κ3) is 8.99. The molecule has 0 aliphatic rings. The van der Waals surface area contributed by atoms with Gasteiger partial charge in [-0.05, 0) is 32.0 Å². The van der Waals surface area contributed by atoms with E-state index in [9.17, 15) is 20.2 Å². The lowest BCUT2D eigenvalue weighted by Crippen LogP contribution is -1.99. The quantitative estimate of drug-likeness (QED) is 0.0662. The largest absolute Gasteiger partial charge is 0.497 e. The van der Waals surface area contributed by atoms with Gasteiger partial charge in [0.05, 0.1) is 49.1 Å². The van der Waals surface area contributed by atoms with Crippen LogP contribution in [0.1, 0.15) is 11.1 Å². The SMILES string of the molecule is COc1cc(N)cc(OC)c1.COc1cc(Nc2nccc3c([N+](=O)[O-])c(C)ccc23)cc(OC)c1.Cc1ccc2c(Cl)nccc2c1[N+](=O)[O-]. The molecule has 0 amide bonds. The number of nitrogens with one attached hydrogen (secondary N) is 1. The second-order valence-electron chi connectivity index (χ2n) is 10.8. The van der Waals surface area contributed by atoms with E-state index in [0.29, 0.717) is 72.9 Å². The summed E-state index contributed by atoms with van der Waals surface area (Å²) in [5.41, 5.74) is 8.31. The first-order chi connectivity index (χ1) is 24.4. The summed E-state index contributed by atoms with van der Waals surface area (Å²) in [6.07, 6.45) is 3.02. The van der Waals surface area contributed by atoms with E-state index in [2.05, 4.69) is 15.3 Å². The number of fused-ring (bicyclic) bond motifs is 2. The number of rotatable bonds is 8. The maximum atomic E-state index is 11.4. The summed E-state index contributed by atoms with van der Waals surface area (Å²) in [5.74, 6) is 3.20. The minimum absolute atomic E-state index is 0.0890. The fourth-order valence-electron chi connectivity index (χ4n) is 5.09. The molecule has 0 bridgehead atoms. The van der Waals surface area contributed by atoms with Crippen LogP contribution in [0.2, 0.25) is 5.15 Å². The highest BCUT2D eigenvalue weighted by Crippen LogP contribution is 2.35. The van der Waals surface area contributed by atoms with Crippen molar-refractivity contribution >= 4 is 61.7 Å². The van der Waals surface area contributed by atoms with Crippen molar-refractivity contribution in [1.82, 2.24) is 9.97 Å². The summed E-state index contributed by atoms with van der Waals surface area (Å²) >= 11 is 5.85. The lowest BCUT2D eigenvalue weighted by atomic mass is 10.1.